The summed E-state index contributed by atoms with van der Waals surface area (Å²) < 4.78 is 5.48. The smallest absolute Gasteiger partial charge is 0.0620 e. The summed E-state index contributed by atoms with van der Waals surface area (Å²) in [6.07, 6.45) is 5.43. The average molecular weight is 226 g/mol. The Morgan fingerprint density at radius 3 is 3.06 bits per heavy atom. The van der Waals surface area contributed by atoms with Gasteiger partial charge in [-0.15, -0.1) is 0 Å². The van der Waals surface area contributed by atoms with Crippen LogP contribution in [0.4, 0.5) is 0 Å². The first kappa shape index (κ1) is 12.3. The lowest BCUT2D eigenvalue weighted by Gasteiger charge is -2.27. The van der Waals surface area contributed by atoms with Crippen LogP contribution >= 0.6 is 0 Å². The van der Waals surface area contributed by atoms with Crippen molar-refractivity contribution in [2.75, 3.05) is 39.4 Å². The zero-order valence-corrected chi connectivity index (χ0v) is 10.6. The summed E-state index contributed by atoms with van der Waals surface area (Å²) in [5.41, 5.74) is 0. The van der Waals surface area contributed by atoms with E-state index in [9.17, 15) is 0 Å². The average Bonchev–Trinajstić information content (AvgIpc) is 2.53. The second kappa shape index (κ2) is 6.58. The van der Waals surface area contributed by atoms with Crippen LogP contribution in [0.2, 0.25) is 0 Å². The fourth-order valence-electron chi connectivity index (χ4n) is 2.69. The molecule has 0 aliphatic carbocycles. The molecule has 0 aromatic rings. The molecule has 3 nitrogen and oxygen atoms in total. The molecule has 3 heteroatoms. The molecule has 2 rings (SSSR count). The summed E-state index contributed by atoms with van der Waals surface area (Å²) in [5, 5.41) is 3.53. The number of morpholine rings is 1. The van der Waals surface area contributed by atoms with E-state index in [0.29, 0.717) is 6.04 Å². The van der Waals surface area contributed by atoms with Gasteiger partial charge in [-0.05, 0) is 51.2 Å². The van der Waals surface area contributed by atoms with E-state index in [1.54, 1.807) is 0 Å². The maximum absolute atomic E-state index is 5.48. The summed E-state index contributed by atoms with van der Waals surface area (Å²) in [4.78, 5) is 2.64. The van der Waals surface area contributed by atoms with E-state index in [2.05, 4.69) is 17.1 Å². The van der Waals surface area contributed by atoms with Crippen molar-refractivity contribution in [3.63, 3.8) is 0 Å². The van der Waals surface area contributed by atoms with E-state index in [0.717, 1.165) is 25.7 Å². The van der Waals surface area contributed by atoms with Gasteiger partial charge in [-0.1, -0.05) is 6.92 Å². The van der Waals surface area contributed by atoms with Crippen molar-refractivity contribution < 1.29 is 4.74 Å². The van der Waals surface area contributed by atoms with Gasteiger partial charge in [0.1, 0.15) is 0 Å². The predicted molar refractivity (Wildman–Crippen MR) is 66.7 cm³/mol. The molecule has 2 aliphatic rings. The molecule has 2 heterocycles. The number of nitrogens with one attached hydrogen (secondary N) is 1. The fraction of sp³-hybridized carbons (Fsp3) is 1.00. The highest BCUT2D eigenvalue weighted by Gasteiger charge is 2.17. The highest BCUT2D eigenvalue weighted by molar-refractivity contribution is 4.74. The molecule has 2 fully saturated rings. The Kier molecular flexibility index (Phi) is 5.07. The normalized spacial score (nSPS) is 33.6. The third-order valence-electron chi connectivity index (χ3n) is 3.90. The van der Waals surface area contributed by atoms with Crippen molar-refractivity contribution in [1.82, 2.24) is 10.2 Å². The highest BCUT2D eigenvalue weighted by Crippen LogP contribution is 2.16. The first-order valence-corrected chi connectivity index (χ1v) is 6.88. The van der Waals surface area contributed by atoms with E-state index in [1.807, 2.05) is 0 Å². The Labute approximate surface area is 99.5 Å². The van der Waals surface area contributed by atoms with Crippen molar-refractivity contribution in [1.29, 1.82) is 0 Å². The third kappa shape index (κ3) is 4.04. The van der Waals surface area contributed by atoms with Crippen LogP contribution in [-0.2, 0) is 4.74 Å². The van der Waals surface area contributed by atoms with Gasteiger partial charge >= 0.3 is 0 Å². The van der Waals surface area contributed by atoms with E-state index in [1.165, 1.54) is 45.3 Å². The van der Waals surface area contributed by atoms with Gasteiger partial charge in [-0.25, -0.2) is 0 Å². The van der Waals surface area contributed by atoms with Crippen LogP contribution in [0.5, 0.6) is 0 Å². The minimum absolute atomic E-state index is 0.592. The molecule has 0 aromatic carbocycles. The van der Waals surface area contributed by atoms with Gasteiger partial charge < -0.3 is 15.0 Å². The molecule has 2 atom stereocenters. The monoisotopic (exact) mass is 226 g/mol. The van der Waals surface area contributed by atoms with Crippen molar-refractivity contribution in [2.24, 2.45) is 5.92 Å². The van der Waals surface area contributed by atoms with Gasteiger partial charge in [0.15, 0.2) is 0 Å². The molecule has 0 radical (unpaired) electrons. The second-order valence-electron chi connectivity index (χ2n) is 5.39. The quantitative estimate of drug-likeness (QED) is 0.789. The Morgan fingerprint density at radius 1 is 1.31 bits per heavy atom. The SMILES string of the molecule is CC1CCCN(CCC2COCCN2)CC1. The topological polar surface area (TPSA) is 24.5 Å². The van der Waals surface area contributed by atoms with Crippen molar-refractivity contribution in [3.05, 3.63) is 0 Å². The minimum Gasteiger partial charge on any atom is -0.379 e. The number of hydrogen-bond acceptors (Lipinski definition) is 3. The maximum atomic E-state index is 5.48. The van der Waals surface area contributed by atoms with Gasteiger partial charge in [0.05, 0.1) is 13.2 Å². The zero-order valence-electron chi connectivity index (χ0n) is 10.6. The van der Waals surface area contributed by atoms with Crippen molar-refractivity contribution in [3.8, 4) is 0 Å². The highest BCUT2D eigenvalue weighted by atomic mass is 16.5. The standard InChI is InChI=1S/C13H26N2O/c1-12-3-2-7-15(8-4-12)9-5-13-11-16-10-6-14-13/h12-14H,2-11H2,1H3. The van der Waals surface area contributed by atoms with E-state index in [4.69, 9.17) is 4.74 Å². The van der Waals surface area contributed by atoms with Crippen LogP contribution < -0.4 is 5.32 Å². The summed E-state index contributed by atoms with van der Waals surface area (Å²) in [7, 11) is 0. The fourth-order valence-corrected chi connectivity index (χ4v) is 2.69. The van der Waals surface area contributed by atoms with Crippen LogP contribution in [0.25, 0.3) is 0 Å². The minimum atomic E-state index is 0.592. The molecule has 2 saturated heterocycles. The maximum Gasteiger partial charge on any atom is 0.0620 e. The number of nitrogens with zero attached hydrogens (tertiary/aromatic N) is 1. The summed E-state index contributed by atoms with van der Waals surface area (Å²) in [5.74, 6) is 0.932. The van der Waals surface area contributed by atoms with E-state index >= 15 is 0 Å². The van der Waals surface area contributed by atoms with Crippen molar-refractivity contribution >= 4 is 0 Å². The molecule has 0 saturated carbocycles. The Bertz CT molecular complexity index is 192. The lowest BCUT2D eigenvalue weighted by atomic mass is 10.0. The number of hydrogen-bond donors (Lipinski definition) is 1. The first-order chi connectivity index (χ1) is 7.84. The Hall–Kier alpha value is -0.120. The predicted octanol–water partition coefficient (Wildman–Crippen LogP) is 1.49. The van der Waals surface area contributed by atoms with Crippen LogP contribution in [0.15, 0.2) is 0 Å². The molecular formula is C13H26N2O. The molecule has 0 aromatic heterocycles. The van der Waals surface area contributed by atoms with Crippen LogP contribution in [0.1, 0.15) is 32.6 Å². The number of ether oxygens (including phenoxy) is 1. The number of rotatable bonds is 3. The molecular weight excluding hydrogens is 200 g/mol. The second-order valence-corrected chi connectivity index (χ2v) is 5.39. The van der Waals surface area contributed by atoms with Gasteiger partial charge in [-0.2, -0.15) is 0 Å². The zero-order chi connectivity index (χ0) is 11.2. The molecule has 0 bridgehead atoms. The largest absolute Gasteiger partial charge is 0.379 e. The lowest BCUT2D eigenvalue weighted by Crippen LogP contribution is -2.43. The van der Waals surface area contributed by atoms with E-state index in [-0.39, 0.29) is 0 Å². The summed E-state index contributed by atoms with van der Waals surface area (Å²) >= 11 is 0. The molecule has 1 N–H and O–H groups in total. The third-order valence-corrected chi connectivity index (χ3v) is 3.90. The molecule has 2 unspecified atom stereocenters. The summed E-state index contributed by atoms with van der Waals surface area (Å²) in [6.45, 7) is 9.06. The van der Waals surface area contributed by atoms with Gasteiger partial charge in [0, 0.05) is 12.6 Å². The van der Waals surface area contributed by atoms with Crippen LogP contribution in [0, 0.1) is 5.92 Å². The summed E-state index contributed by atoms with van der Waals surface area (Å²) in [6, 6.07) is 0.592. The Balaban J connectivity index is 1.64. The van der Waals surface area contributed by atoms with Crippen LogP contribution in [0.3, 0.4) is 0 Å². The Morgan fingerprint density at radius 2 is 2.25 bits per heavy atom. The van der Waals surface area contributed by atoms with E-state index < -0.39 is 0 Å². The first-order valence-electron chi connectivity index (χ1n) is 6.88. The molecule has 0 spiro atoms. The van der Waals surface area contributed by atoms with Gasteiger partial charge in [0.2, 0.25) is 0 Å². The number of likely N-dealkylation sites (tertiary alicyclic amines) is 1. The van der Waals surface area contributed by atoms with Gasteiger partial charge in [0.25, 0.3) is 0 Å². The van der Waals surface area contributed by atoms with Gasteiger partial charge in [-0.3, -0.25) is 0 Å². The molecule has 16 heavy (non-hydrogen) atoms. The molecule has 94 valence electrons. The lowest BCUT2D eigenvalue weighted by molar-refractivity contribution is 0.0700. The van der Waals surface area contributed by atoms with Crippen LogP contribution in [-0.4, -0.2) is 50.3 Å². The van der Waals surface area contributed by atoms with Crippen molar-refractivity contribution in [2.45, 2.75) is 38.6 Å². The molecule has 2 aliphatic heterocycles. The molecule has 0 amide bonds.